The summed E-state index contributed by atoms with van der Waals surface area (Å²) in [5, 5.41) is 128. The minimum atomic E-state index is -0.935. The molecule has 0 fully saturated rings. The smallest absolute Gasteiger partial charge is 0.330 e. The van der Waals surface area contributed by atoms with E-state index in [0.29, 0.717) is 0 Å². The molecule has 7 unspecified atom stereocenters. The molecule has 7 atom stereocenters. The van der Waals surface area contributed by atoms with Crippen molar-refractivity contribution in [1.29, 1.82) is 0 Å². The fraction of sp³-hybridized carbons (Fsp3) is 0.935. The number of carboxylic acid groups (broad SMARTS) is 1. The molecule has 0 heterocycles. The van der Waals surface area contributed by atoms with Gasteiger partial charge in [0.1, 0.15) is 0 Å². The van der Waals surface area contributed by atoms with Crippen molar-refractivity contribution < 1.29 is 81.4 Å². The summed E-state index contributed by atoms with van der Waals surface area (Å²) in [5.74, 6) is -0.935. The Labute approximate surface area is 378 Å². The summed E-state index contributed by atoms with van der Waals surface area (Å²) in [6.07, 6.45) is 14.2. The molecule has 0 bridgehead atoms. The van der Waals surface area contributed by atoms with E-state index in [1.807, 2.05) is 48.5 Å². The van der Waals surface area contributed by atoms with Gasteiger partial charge in [-0.3, -0.25) is 0 Å². The van der Waals surface area contributed by atoms with Crippen LogP contribution in [0.3, 0.4) is 0 Å². The van der Waals surface area contributed by atoms with Crippen molar-refractivity contribution >= 4 is 5.97 Å². The van der Waals surface area contributed by atoms with Gasteiger partial charge in [-0.2, -0.15) is 0 Å². The van der Waals surface area contributed by atoms with Crippen LogP contribution in [0, 0.1) is 0 Å². The van der Waals surface area contributed by atoms with Gasteiger partial charge in [-0.25, -0.2) is 4.79 Å². The van der Waals surface area contributed by atoms with Gasteiger partial charge in [0.2, 0.25) is 0 Å². The molecule has 15 N–H and O–H groups in total. The van der Waals surface area contributed by atoms with Crippen molar-refractivity contribution in [3.05, 3.63) is 12.2 Å². The molecule has 0 saturated heterocycles. The van der Waals surface area contributed by atoms with Crippen molar-refractivity contribution in [2.75, 3.05) is 46.2 Å². The number of hydrogen-bond acceptors (Lipinski definition) is 15. The highest BCUT2D eigenvalue weighted by atomic mass is 16.4. The first-order valence-electron chi connectivity index (χ1n) is 23.2. The minimum absolute atomic E-state index is 0.176. The quantitative estimate of drug-likeness (QED) is 0.0464. The highest BCUT2D eigenvalue weighted by Crippen LogP contribution is 2.02. The molecule has 384 valence electrons. The number of aliphatic hydroxyl groups excluding tert-OH is 14. The molecule has 0 aromatic heterocycles. The van der Waals surface area contributed by atoms with E-state index in [1.165, 1.54) is 6.92 Å². The molecule has 16 nitrogen and oxygen atoms in total. The zero-order valence-corrected chi connectivity index (χ0v) is 40.7. The van der Waals surface area contributed by atoms with Gasteiger partial charge in [-0.15, -0.1) is 0 Å². The summed E-state index contributed by atoms with van der Waals surface area (Å²) in [7, 11) is 0. The fourth-order valence-electron chi connectivity index (χ4n) is 3.72. The highest BCUT2D eigenvalue weighted by Gasteiger charge is 2.01. The van der Waals surface area contributed by atoms with Crippen LogP contribution in [-0.4, -0.2) is 172 Å². The van der Waals surface area contributed by atoms with E-state index in [2.05, 4.69) is 6.58 Å². The number of hydrogen-bond donors (Lipinski definition) is 15. The summed E-state index contributed by atoms with van der Waals surface area (Å²) in [6.45, 7) is 19.5. The molecule has 0 amide bonds. The van der Waals surface area contributed by atoms with Crippen LogP contribution in [-0.2, 0) is 4.79 Å². The molecular formula is C46H104O16. The molecule has 0 aliphatic heterocycles. The lowest BCUT2D eigenvalue weighted by Crippen LogP contribution is -2.04. The van der Waals surface area contributed by atoms with Crippen LogP contribution in [0.4, 0.5) is 0 Å². The summed E-state index contributed by atoms with van der Waals surface area (Å²) >= 11 is 0. The van der Waals surface area contributed by atoms with Crippen LogP contribution >= 0.6 is 0 Å². The molecular weight excluding hydrogens is 808 g/mol. The fourth-order valence-corrected chi connectivity index (χ4v) is 3.72. The number of carboxylic acids is 1. The van der Waals surface area contributed by atoms with Crippen molar-refractivity contribution in [1.82, 2.24) is 0 Å². The average molecular weight is 913 g/mol. The molecule has 0 aromatic rings. The molecule has 62 heavy (non-hydrogen) atoms. The van der Waals surface area contributed by atoms with Gasteiger partial charge in [0, 0.05) is 51.8 Å². The number of rotatable bonds is 29. The monoisotopic (exact) mass is 913 g/mol. The number of aliphatic carboxylic acids is 1. The lowest BCUT2D eigenvalue weighted by atomic mass is 10.2. The van der Waals surface area contributed by atoms with Gasteiger partial charge in [0.25, 0.3) is 0 Å². The predicted molar refractivity (Wildman–Crippen MR) is 251 cm³/mol. The second kappa shape index (κ2) is 71.3. The van der Waals surface area contributed by atoms with Gasteiger partial charge < -0.3 is 76.6 Å². The van der Waals surface area contributed by atoms with E-state index in [1.54, 1.807) is 0 Å². The Morgan fingerprint density at radius 3 is 0.484 bits per heavy atom. The number of aliphatic hydroxyl groups is 14. The third kappa shape index (κ3) is 97.8. The van der Waals surface area contributed by atoms with E-state index >= 15 is 0 Å². The second-order valence-corrected chi connectivity index (χ2v) is 14.6. The summed E-state index contributed by atoms with van der Waals surface area (Å²) in [4.78, 5) is 9.60. The molecule has 0 aliphatic carbocycles. The molecule has 0 aromatic carbocycles. The van der Waals surface area contributed by atoms with Crippen LogP contribution in [0.5, 0.6) is 0 Å². The van der Waals surface area contributed by atoms with Gasteiger partial charge in [0.15, 0.2) is 0 Å². The third-order valence-corrected chi connectivity index (χ3v) is 8.53. The first-order valence-corrected chi connectivity index (χ1v) is 23.2. The van der Waals surface area contributed by atoms with Crippen LogP contribution in [0.1, 0.15) is 190 Å². The van der Waals surface area contributed by atoms with E-state index in [-0.39, 0.29) is 94.5 Å². The molecule has 0 saturated carbocycles. The average Bonchev–Trinajstić information content (AvgIpc) is 3.29. The first-order chi connectivity index (χ1) is 29.3. The lowest BCUT2D eigenvalue weighted by molar-refractivity contribution is -0.132. The molecule has 0 spiro atoms. The summed E-state index contributed by atoms with van der Waals surface area (Å²) in [5.41, 5.74) is 0.176. The van der Waals surface area contributed by atoms with Crippen molar-refractivity contribution in [2.24, 2.45) is 0 Å². The zero-order chi connectivity index (χ0) is 50.0. The predicted octanol–water partition coefficient (Wildman–Crippen LogP) is 4.36. The summed E-state index contributed by atoms with van der Waals surface area (Å²) < 4.78 is 0. The molecule has 0 aliphatic rings. The molecule has 0 rings (SSSR count). The Kier molecular flexibility index (Phi) is 89.5. The van der Waals surface area contributed by atoms with E-state index < -0.39 is 5.97 Å². The van der Waals surface area contributed by atoms with E-state index in [4.69, 9.17) is 76.6 Å². The Morgan fingerprint density at radius 1 is 0.339 bits per heavy atom. The topological polar surface area (TPSA) is 321 Å². The summed E-state index contributed by atoms with van der Waals surface area (Å²) in [6, 6.07) is 0. The van der Waals surface area contributed by atoms with Crippen LogP contribution in [0.15, 0.2) is 12.2 Å². The molecule has 0 radical (unpaired) electrons. The van der Waals surface area contributed by atoms with Gasteiger partial charge in [-0.1, -0.05) is 55.0 Å². The van der Waals surface area contributed by atoms with Gasteiger partial charge >= 0.3 is 5.97 Å². The van der Waals surface area contributed by atoms with Crippen LogP contribution in [0.25, 0.3) is 0 Å². The second-order valence-electron chi connectivity index (χ2n) is 14.6. The van der Waals surface area contributed by atoms with E-state index in [9.17, 15) is 4.79 Å². The SMILES string of the molecule is C=C(C)C(=O)O.CCC(O)CCCO.CCC(O)CCCO.CCC(O)CCCO.CCC(O)CCCO.CCC(O)CCCO.CCC(O)CCCO.CCC(O)CCCO. The first kappa shape index (κ1) is 77.8. The Balaban J connectivity index is -0.0000000897. The Hall–Kier alpha value is -1.35. The number of carbonyl (C=O) groups is 1. The van der Waals surface area contributed by atoms with Crippen molar-refractivity contribution in [3.8, 4) is 0 Å². The largest absolute Gasteiger partial charge is 0.478 e. The van der Waals surface area contributed by atoms with Gasteiger partial charge in [0.05, 0.1) is 42.7 Å². The van der Waals surface area contributed by atoms with E-state index in [0.717, 1.165) is 135 Å². The van der Waals surface area contributed by atoms with Gasteiger partial charge in [-0.05, 0) is 142 Å². The highest BCUT2D eigenvalue weighted by molar-refractivity contribution is 5.84. The normalized spacial score (nSPS) is 13.3. The van der Waals surface area contributed by atoms with Crippen molar-refractivity contribution in [3.63, 3.8) is 0 Å². The maximum atomic E-state index is 9.60. The minimum Gasteiger partial charge on any atom is -0.478 e. The Bertz CT molecular complexity index is 617. The van der Waals surface area contributed by atoms with Crippen LogP contribution < -0.4 is 0 Å². The maximum absolute atomic E-state index is 9.60. The standard InChI is InChI=1S/7C6H14O2.C4H6O2/c7*1-2-6(8)4-3-5-7;1-3(2)4(5)6/h7*6-8H,2-5H2,1H3;1H2,2H3,(H,5,6). The van der Waals surface area contributed by atoms with Crippen molar-refractivity contribution in [2.45, 2.75) is 233 Å². The van der Waals surface area contributed by atoms with Crippen LogP contribution in [0.2, 0.25) is 0 Å². The molecule has 16 heteroatoms. The zero-order valence-electron chi connectivity index (χ0n) is 40.7. The lowest BCUT2D eigenvalue weighted by Gasteiger charge is -2.03. The third-order valence-electron chi connectivity index (χ3n) is 8.53. The maximum Gasteiger partial charge on any atom is 0.330 e. The Morgan fingerprint density at radius 2 is 0.435 bits per heavy atom.